The number of imidazole rings is 1. The Bertz CT molecular complexity index is 779. The van der Waals surface area contributed by atoms with E-state index in [0.29, 0.717) is 17.0 Å². The number of phosphoric ester groups is 1. The lowest BCUT2D eigenvalue weighted by atomic mass is 10.1. The molecule has 2 aromatic rings. The van der Waals surface area contributed by atoms with E-state index in [0.717, 1.165) is 0 Å². The Balaban J connectivity index is 1.86. The maximum atomic E-state index is 10.7. The van der Waals surface area contributed by atoms with Gasteiger partial charge in [0.15, 0.2) is 17.7 Å². The summed E-state index contributed by atoms with van der Waals surface area (Å²) in [6.45, 7) is -0.518. The van der Waals surface area contributed by atoms with Crippen LogP contribution in [0.1, 0.15) is 6.23 Å². The summed E-state index contributed by atoms with van der Waals surface area (Å²) in [6, 6.07) is -0.926. The van der Waals surface area contributed by atoms with E-state index in [1.54, 1.807) is 7.05 Å². The number of phosphoric acid groups is 1. The fourth-order valence-corrected chi connectivity index (χ4v) is 2.86. The molecule has 13 heteroatoms. The molecule has 0 amide bonds. The molecule has 0 aliphatic carbocycles. The Labute approximate surface area is 135 Å². The number of nitrogens with two attached hydrogens (primary N) is 1. The number of hydrogen-bond acceptors (Lipinski definition) is 10. The molecule has 5 N–H and O–H groups in total. The highest BCUT2D eigenvalue weighted by Gasteiger charge is 2.43. The molecule has 132 valence electrons. The Morgan fingerprint density at radius 1 is 1.54 bits per heavy atom. The molecule has 1 aliphatic rings. The molecule has 2 unspecified atom stereocenters. The van der Waals surface area contributed by atoms with Crippen molar-refractivity contribution in [1.82, 2.24) is 19.5 Å². The third kappa shape index (κ3) is 3.13. The van der Waals surface area contributed by atoms with Crippen LogP contribution in [0.2, 0.25) is 0 Å². The molecule has 1 fully saturated rings. The number of rotatable bonds is 5. The highest BCUT2D eigenvalue weighted by atomic mass is 31.2. The average molecular weight is 359 g/mol. The Kier molecular flexibility index (Phi) is 4.53. The fraction of sp³-hybridized carbons (Fsp3) is 0.545. The van der Waals surface area contributed by atoms with Crippen molar-refractivity contribution in [1.29, 1.82) is 0 Å². The normalized spacial score (nSPS) is 29.7. The van der Waals surface area contributed by atoms with Crippen molar-refractivity contribution in [2.75, 3.05) is 19.0 Å². The van der Waals surface area contributed by atoms with E-state index in [1.807, 2.05) is 0 Å². The predicted octanol–water partition coefficient (Wildman–Crippen LogP) is -2.07. The van der Waals surface area contributed by atoms with Crippen LogP contribution < -0.4 is 15.9 Å². The zero-order chi connectivity index (χ0) is 17.5. The van der Waals surface area contributed by atoms with E-state index in [1.165, 1.54) is 17.2 Å². The van der Waals surface area contributed by atoms with Crippen LogP contribution in [0.25, 0.3) is 11.2 Å². The third-order valence-corrected chi connectivity index (χ3v) is 4.18. The van der Waals surface area contributed by atoms with Gasteiger partial charge in [0.2, 0.25) is 0 Å². The van der Waals surface area contributed by atoms with Gasteiger partial charge in [0.05, 0.1) is 19.0 Å². The number of aromatic nitrogens is 4. The van der Waals surface area contributed by atoms with Gasteiger partial charge in [-0.25, -0.2) is 15.0 Å². The second kappa shape index (κ2) is 6.33. The van der Waals surface area contributed by atoms with Crippen molar-refractivity contribution in [3.63, 3.8) is 0 Å². The van der Waals surface area contributed by atoms with Gasteiger partial charge in [0, 0.05) is 7.05 Å². The van der Waals surface area contributed by atoms with Crippen molar-refractivity contribution in [2.45, 2.75) is 24.5 Å². The molecular formula is C11H16N6O6P-. The maximum absolute atomic E-state index is 10.7. The quantitative estimate of drug-likeness (QED) is 0.430. The summed E-state index contributed by atoms with van der Waals surface area (Å²) in [6.07, 6.45) is -0.304. The van der Waals surface area contributed by atoms with E-state index in [-0.39, 0.29) is 0 Å². The van der Waals surface area contributed by atoms with Gasteiger partial charge in [-0.2, -0.15) is 0 Å². The van der Waals surface area contributed by atoms with Crippen LogP contribution in [0.3, 0.4) is 0 Å². The SMILES string of the molecule is CNc1ncnc2c1ncn2[C@@H]1O[C@H](COP(=O)([O-])O)[C@H](N)C1O. The minimum atomic E-state index is -4.91. The highest BCUT2D eigenvalue weighted by Crippen LogP contribution is 2.35. The van der Waals surface area contributed by atoms with Crippen LogP contribution in [-0.4, -0.2) is 61.4 Å². The first-order valence-electron chi connectivity index (χ1n) is 6.94. The maximum Gasteiger partial charge on any atom is 0.265 e. The van der Waals surface area contributed by atoms with Crippen LogP contribution in [0.4, 0.5) is 5.82 Å². The number of fused-ring (bicyclic) bond motifs is 1. The van der Waals surface area contributed by atoms with Crippen molar-refractivity contribution in [3.8, 4) is 0 Å². The Morgan fingerprint density at radius 3 is 2.96 bits per heavy atom. The second-order valence-corrected chi connectivity index (χ2v) is 6.39. The molecule has 5 atom stereocenters. The molecule has 0 radical (unpaired) electrons. The predicted molar refractivity (Wildman–Crippen MR) is 78.5 cm³/mol. The van der Waals surface area contributed by atoms with E-state index in [4.69, 9.17) is 15.4 Å². The number of nitrogens with one attached hydrogen (secondary N) is 1. The van der Waals surface area contributed by atoms with Crippen molar-refractivity contribution < 1.29 is 28.7 Å². The molecule has 1 aliphatic heterocycles. The molecule has 12 nitrogen and oxygen atoms in total. The number of aliphatic hydroxyl groups excluding tert-OH is 1. The van der Waals surface area contributed by atoms with Crippen molar-refractivity contribution in [2.24, 2.45) is 5.73 Å². The summed E-state index contributed by atoms with van der Waals surface area (Å²) < 4.78 is 22.0. The average Bonchev–Trinajstić information content (AvgIpc) is 3.07. The fourth-order valence-electron chi connectivity index (χ4n) is 2.53. The Morgan fingerprint density at radius 2 is 2.29 bits per heavy atom. The minimum Gasteiger partial charge on any atom is -0.756 e. The number of hydrogen-bond donors (Lipinski definition) is 4. The standard InChI is InChI=1S/C11H17N6O6P/c1-13-9-7-10(15-3-14-9)17(4-16-7)11-8(18)6(12)5(23-11)2-22-24(19,20)21/h3-6,8,11,18H,2,12H2,1H3,(H,13,14,15)(H2,19,20,21)/p-1/t5-,6+,8?,11-/m1/s1. The molecule has 24 heavy (non-hydrogen) atoms. The van der Waals surface area contributed by atoms with Crippen LogP contribution in [0.5, 0.6) is 0 Å². The molecule has 3 heterocycles. The van der Waals surface area contributed by atoms with Gasteiger partial charge in [-0.05, 0) is 0 Å². The first-order chi connectivity index (χ1) is 11.3. The topological polar surface area (TPSA) is 181 Å². The zero-order valence-corrected chi connectivity index (χ0v) is 13.4. The molecule has 0 bridgehead atoms. The smallest absolute Gasteiger partial charge is 0.265 e. The van der Waals surface area contributed by atoms with E-state index in [9.17, 15) is 14.6 Å². The minimum absolute atomic E-state index is 0.406. The lowest BCUT2D eigenvalue weighted by Gasteiger charge is -2.20. The van der Waals surface area contributed by atoms with Crippen molar-refractivity contribution >= 4 is 24.8 Å². The summed E-state index contributed by atoms with van der Waals surface area (Å²) in [5.74, 6) is 0.503. The van der Waals surface area contributed by atoms with Gasteiger partial charge >= 0.3 is 0 Å². The van der Waals surface area contributed by atoms with E-state index < -0.39 is 38.9 Å². The molecule has 0 spiro atoms. The van der Waals surface area contributed by atoms with Crippen LogP contribution >= 0.6 is 7.82 Å². The number of ether oxygens (including phenoxy) is 1. The number of aliphatic hydroxyl groups is 1. The largest absolute Gasteiger partial charge is 0.756 e. The van der Waals surface area contributed by atoms with Crippen molar-refractivity contribution in [3.05, 3.63) is 12.7 Å². The first kappa shape index (κ1) is 17.2. The summed E-state index contributed by atoms with van der Waals surface area (Å²) in [5, 5.41) is 13.2. The molecule has 1 saturated heterocycles. The van der Waals surface area contributed by atoms with Crippen LogP contribution in [0, 0.1) is 0 Å². The van der Waals surface area contributed by atoms with Gasteiger partial charge in [0.1, 0.15) is 24.1 Å². The van der Waals surface area contributed by atoms with Gasteiger partial charge in [-0.15, -0.1) is 0 Å². The van der Waals surface area contributed by atoms with Gasteiger partial charge in [-0.1, -0.05) is 0 Å². The van der Waals surface area contributed by atoms with Crippen LogP contribution in [-0.2, 0) is 13.8 Å². The lowest BCUT2D eigenvalue weighted by Crippen LogP contribution is -2.41. The molecule has 3 rings (SSSR count). The van der Waals surface area contributed by atoms with Gasteiger partial charge in [0.25, 0.3) is 7.82 Å². The summed E-state index contributed by atoms with van der Waals surface area (Å²) >= 11 is 0. The number of anilines is 1. The summed E-state index contributed by atoms with van der Waals surface area (Å²) in [4.78, 5) is 31.7. The molecular weight excluding hydrogens is 343 g/mol. The Hall–Kier alpha value is -1.66. The summed E-state index contributed by atoms with van der Waals surface area (Å²) in [7, 11) is -3.23. The van der Waals surface area contributed by atoms with Gasteiger partial charge < -0.3 is 35.2 Å². The zero-order valence-electron chi connectivity index (χ0n) is 12.5. The molecule has 0 aromatic carbocycles. The second-order valence-electron chi connectivity index (χ2n) is 5.19. The highest BCUT2D eigenvalue weighted by molar-refractivity contribution is 7.44. The molecule has 2 aromatic heterocycles. The first-order valence-corrected chi connectivity index (χ1v) is 8.44. The van der Waals surface area contributed by atoms with Crippen LogP contribution in [0.15, 0.2) is 12.7 Å². The van der Waals surface area contributed by atoms with E-state index >= 15 is 0 Å². The van der Waals surface area contributed by atoms with Gasteiger partial charge in [-0.3, -0.25) is 9.13 Å². The summed E-state index contributed by atoms with van der Waals surface area (Å²) in [5.41, 5.74) is 6.72. The monoisotopic (exact) mass is 359 g/mol. The molecule has 0 saturated carbocycles. The lowest BCUT2D eigenvalue weighted by molar-refractivity contribution is -0.222. The third-order valence-electron chi connectivity index (χ3n) is 3.70. The number of nitrogens with zero attached hydrogens (tertiary/aromatic N) is 4. The van der Waals surface area contributed by atoms with E-state index in [2.05, 4.69) is 24.8 Å².